The van der Waals surface area contributed by atoms with Crippen LogP contribution in [0.5, 0.6) is 46.0 Å². The summed E-state index contributed by atoms with van der Waals surface area (Å²) < 4.78 is 18.0. The van der Waals surface area contributed by atoms with Gasteiger partial charge < -0.3 is 45.1 Å². The van der Waals surface area contributed by atoms with E-state index in [1.807, 2.05) is 58.9 Å². The first kappa shape index (κ1) is 37.8. The maximum atomic E-state index is 12.5. The van der Waals surface area contributed by atoms with E-state index in [1.165, 1.54) is 20.3 Å². The van der Waals surface area contributed by atoms with Crippen LogP contribution in [0.3, 0.4) is 0 Å². The molecule has 0 aliphatic carbocycles. The highest BCUT2D eigenvalue weighted by atomic mass is 16.5. The summed E-state index contributed by atoms with van der Waals surface area (Å²) in [5.41, 5.74) is 8.16. The van der Waals surface area contributed by atoms with Gasteiger partial charge in [-0.15, -0.1) is 0 Å². The average molecular weight is 769 g/mol. The molecule has 0 amide bonds. The lowest BCUT2D eigenvalue weighted by Crippen LogP contribution is -2.36. The third-order valence-electron chi connectivity index (χ3n) is 11.7. The van der Waals surface area contributed by atoms with Crippen molar-refractivity contribution in [2.24, 2.45) is 4.99 Å². The molecule has 294 valence electrons. The number of aromatic hydroxyl groups is 5. The molecule has 8 rings (SSSR count). The number of aliphatic imine (C=N–C) groups is 1. The van der Waals surface area contributed by atoms with Crippen LogP contribution in [0.15, 0.2) is 53.5 Å². The van der Waals surface area contributed by atoms with Gasteiger partial charge in [-0.05, 0) is 129 Å². The minimum atomic E-state index is -0.207. The minimum Gasteiger partial charge on any atom is -0.507 e. The van der Waals surface area contributed by atoms with Gasteiger partial charge in [0.15, 0.2) is 0 Å². The van der Waals surface area contributed by atoms with Gasteiger partial charge in [0.05, 0.1) is 43.7 Å². The number of fused-ring (bicyclic) bond motifs is 4. The van der Waals surface area contributed by atoms with E-state index in [0.717, 1.165) is 33.5 Å². The maximum Gasteiger partial charge on any atom is 0.139 e. The first-order valence-electron chi connectivity index (χ1n) is 19.2. The number of phenols is 5. The standard InChI is InChI=1S/C47H48N2O8/c1-20-10-27-29(41-33-15-23(4)49-25(6)40(33)35(51)19-36(41)52)17-31(45(53)43(27)37(12-20)55-7)32-18-30(28-11-21(2)13-38(56-8)44(28)46(32)54)42-34(50)16-26-14-22(3)48-24(5)39(26)47(42)57-9/h10-13,16-19,22-23,25,49-54H,14-15H2,1-9H3/t22-,23-,25-/m1/s1. The fourth-order valence-corrected chi connectivity index (χ4v) is 9.49. The molecule has 57 heavy (non-hydrogen) atoms. The Labute approximate surface area is 331 Å². The normalized spacial score (nSPS) is 17.6. The van der Waals surface area contributed by atoms with Gasteiger partial charge in [0.1, 0.15) is 46.0 Å². The number of hydrogen-bond donors (Lipinski definition) is 6. The molecule has 6 aromatic carbocycles. The van der Waals surface area contributed by atoms with Crippen LogP contribution in [-0.4, -0.2) is 64.7 Å². The highest BCUT2D eigenvalue weighted by molar-refractivity contribution is 6.15. The molecule has 2 heterocycles. The number of ether oxygens (including phenoxy) is 3. The van der Waals surface area contributed by atoms with Gasteiger partial charge in [-0.2, -0.15) is 0 Å². The Morgan fingerprint density at radius 3 is 1.68 bits per heavy atom. The van der Waals surface area contributed by atoms with E-state index in [0.29, 0.717) is 79.5 Å². The molecular weight excluding hydrogens is 721 g/mol. The van der Waals surface area contributed by atoms with Crippen molar-refractivity contribution in [3.05, 3.63) is 81.9 Å². The van der Waals surface area contributed by atoms with Gasteiger partial charge in [-0.3, -0.25) is 4.99 Å². The fraction of sp³-hybridized carbons (Fsp3) is 0.298. The van der Waals surface area contributed by atoms with Crippen LogP contribution in [0, 0.1) is 13.8 Å². The van der Waals surface area contributed by atoms with Crippen molar-refractivity contribution in [1.29, 1.82) is 0 Å². The summed E-state index contributed by atoms with van der Waals surface area (Å²) in [5, 5.41) is 65.3. The van der Waals surface area contributed by atoms with Crippen molar-refractivity contribution in [2.45, 2.75) is 72.5 Å². The molecular formula is C47H48N2O8. The maximum absolute atomic E-state index is 12.5. The van der Waals surface area contributed by atoms with E-state index in [2.05, 4.69) is 12.2 Å². The number of hydrogen-bond acceptors (Lipinski definition) is 10. The molecule has 2 aliphatic rings. The van der Waals surface area contributed by atoms with Crippen molar-refractivity contribution in [2.75, 3.05) is 21.3 Å². The monoisotopic (exact) mass is 768 g/mol. The molecule has 10 heteroatoms. The SMILES string of the molecule is COc1c2c(cc(O)c1-c1cc(-c3cc(-c4c(O)cc(O)c5c4C[C@@H](C)N[C@@H]5C)c4cc(C)cc(OC)c4c3O)c(O)c3c(OC)cc(C)cc13)C[C@@H](C)N=C2C. The van der Waals surface area contributed by atoms with E-state index in [4.69, 9.17) is 19.2 Å². The Morgan fingerprint density at radius 1 is 0.596 bits per heavy atom. The van der Waals surface area contributed by atoms with Crippen LogP contribution in [-0.2, 0) is 12.8 Å². The zero-order chi connectivity index (χ0) is 40.8. The van der Waals surface area contributed by atoms with E-state index in [-0.39, 0.29) is 58.0 Å². The Hall–Kier alpha value is -6.13. The molecule has 6 N–H and O–H groups in total. The Bertz CT molecular complexity index is 2720. The van der Waals surface area contributed by atoms with E-state index in [9.17, 15) is 25.5 Å². The molecule has 10 nitrogen and oxygen atoms in total. The summed E-state index contributed by atoms with van der Waals surface area (Å²) in [6.07, 6.45) is 1.14. The highest BCUT2D eigenvalue weighted by Gasteiger charge is 2.33. The Morgan fingerprint density at radius 2 is 1.14 bits per heavy atom. The number of rotatable bonds is 6. The highest BCUT2D eigenvalue weighted by Crippen LogP contribution is 2.56. The van der Waals surface area contributed by atoms with Crippen LogP contribution in [0.25, 0.3) is 54.9 Å². The van der Waals surface area contributed by atoms with Crippen molar-refractivity contribution >= 4 is 27.3 Å². The van der Waals surface area contributed by atoms with Crippen LogP contribution < -0.4 is 19.5 Å². The van der Waals surface area contributed by atoms with Gasteiger partial charge in [0, 0.05) is 51.7 Å². The molecule has 0 fully saturated rings. The molecule has 0 aromatic heterocycles. The Balaban J connectivity index is 1.55. The number of benzene rings is 6. The van der Waals surface area contributed by atoms with Crippen molar-refractivity contribution in [3.63, 3.8) is 0 Å². The number of aryl methyl sites for hydroxylation is 2. The molecule has 0 unspecified atom stereocenters. The predicted octanol–water partition coefficient (Wildman–Crippen LogP) is 9.51. The number of nitrogens with one attached hydrogen (secondary N) is 1. The molecule has 3 atom stereocenters. The number of methoxy groups -OCH3 is 3. The second kappa shape index (κ2) is 13.8. The molecule has 2 aliphatic heterocycles. The fourth-order valence-electron chi connectivity index (χ4n) is 9.49. The molecule has 6 aromatic rings. The first-order chi connectivity index (χ1) is 27.2. The minimum absolute atomic E-state index is 0.0102. The molecule has 0 saturated heterocycles. The quantitative estimate of drug-likeness (QED) is 0.0973. The van der Waals surface area contributed by atoms with E-state index >= 15 is 0 Å². The molecule has 0 saturated carbocycles. The third kappa shape index (κ3) is 5.84. The smallest absolute Gasteiger partial charge is 0.139 e. The van der Waals surface area contributed by atoms with E-state index < -0.39 is 0 Å². The summed E-state index contributed by atoms with van der Waals surface area (Å²) in [5.74, 6) is 0.758. The zero-order valence-electron chi connectivity index (χ0n) is 33.7. The van der Waals surface area contributed by atoms with Crippen molar-refractivity contribution in [3.8, 4) is 79.4 Å². The third-order valence-corrected chi connectivity index (χ3v) is 11.7. The zero-order valence-corrected chi connectivity index (χ0v) is 33.7. The van der Waals surface area contributed by atoms with Crippen molar-refractivity contribution in [1.82, 2.24) is 5.32 Å². The Kier molecular flexibility index (Phi) is 9.15. The van der Waals surface area contributed by atoms with Gasteiger partial charge >= 0.3 is 0 Å². The topological polar surface area (TPSA) is 153 Å². The average Bonchev–Trinajstić information content (AvgIpc) is 3.14. The summed E-state index contributed by atoms with van der Waals surface area (Å²) in [7, 11) is 4.63. The van der Waals surface area contributed by atoms with E-state index in [1.54, 1.807) is 25.3 Å². The lowest BCUT2D eigenvalue weighted by atomic mass is 9.81. The van der Waals surface area contributed by atoms with Gasteiger partial charge in [-0.1, -0.05) is 12.1 Å². The second-order valence-corrected chi connectivity index (χ2v) is 15.7. The van der Waals surface area contributed by atoms with Crippen LogP contribution in [0.2, 0.25) is 0 Å². The van der Waals surface area contributed by atoms with Crippen LogP contribution in [0.1, 0.15) is 67.1 Å². The lowest BCUT2D eigenvalue weighted by molar-refractivity contribution is 0.402. The van der Waals surface area contributed by atoms with Gasteiger partial charge in [0.25, 0.3) is 0 Å². The summed E-state index contributed by atoms with van der Waals surface area (Å²) >= 11 is 0. The summed E-state index contributed by atoms with van der Waals surface area (Å²) in [4.78, 5) is 4.84. The summed E-state index contributed by atoms with van der Waals surface area (Å²) in [6, 6.07) is 14.0. The van der Waals surface area contributed by atoms with Crippen LogP contribution >= 0.6 is 0 Å². The number of nitrogens with zero attached hydrogens (tertiary/aromatic N) is 1. The van der Waals surface area contributed by atoms with Crippen molar-refractivity contribution < 1.29 is 39.7 Å². The largest absolute Gasteiger partial charge is 0.507 e. The van der Waals surface area contributed by atoms with Gasteiger partial charge in [0.2, 0.25) is 0 Å². The predicted molar refractivity (Wildman–Crippen MR) is 225 cm³/mol. The molecule has 0 radical (unpaired) electrons. The number of phenolic OH excluding ortho intramolecular Hbond substituents is 5. The van der Waals surface area contributed by atoms with Crippen LogP contribution in [0.4, 0.5) is 0 Å². The molecule has 0 bridgehead atoms. The molecule has 0 spiro atoms. The van der Waals surface area contributed by atoms with Gasteiger partial charge in [-0.25, -0.2) is 0 Å². The lowest BCUT2D eigenvalue weighted by Gasteiger charge is -2.32. The second-order valence-electron chi connectivity index (χ2n) is 15.7. The first-order valence-corrected chi connectivity index (χ1v) is 19.2. The summed E-state index contributed by atoms with van der Waals surface area (Å²) in [6.45, 7) is 11.9.